The fraction of sp³-hybridized carbons (Fsp3) is 0. The summed E-state index contributed by atoms with van der Waals surface area (Å²) in [4.78, 5) is 12.3. The van der Waals surface area contributed by atoms with Crippen LogP contribution in [0.15, 0.2) is 47.3 Å². The Bertz CT molecular complexity index is 882. The van der Waals surface area contributed by atoms with Crippen molar-refractivity contribution in [1.29, 1.82) is 0 Å². The highest BCUT2D eigenvalue weighted by molar-refractivity contribution is 7.80. The molecular weight excluding hydrogens is 295 g/mol. The summed E-state index contributed by atoms with van der Waals surface area (Å²) in [7, 11) is 0. The standard InChI is InChI=1S/C14H9FN2OS2/c15-11-6-5-8(7-10(11)13(16)19)17-14(18)9-3-1-2-4-12(9)20-17/h1-7H,(H2,16,19). The molecule has 3 aromatic rings. The first-order valence-corrected chi connectivity index (χ1v) is 6.97. The number of halogens is 1. The zero-order chi connectivity index (χ0) is 14.3. The van der Waals surface area contributed by atoms with E-state index in [9.17, 15) is 9.18 Å². The van der Waals surface area contributed by atoms with Crippen molar-refractivity contribution in [1.82, 2.24) is 3.96 Å². The zero-order valence-corrected chi connectivity index (χ0v) is 11.8. The van der Waals surface area contributed by atoms with E-state index in [0.29, 0.717) is 11.1 Å². The van der Waals surface area contributed by atoms with Crippen LogP contribution in [-0.2, 0) is 0 Å². The van der Waals surface area contributed by atoms with Crippen LogP contribution in [-0.4, -0.2) is 8.95 Å². The van der Waals surface area contributed by atoms with Gasteiger partial charge in [-0.05, 0) is 30.3 Å². The molecule has 0 aliphatic heterocycles. The lowest BCUT2D eigenvalue weighted by Crippen LogP contribution is -2.15. The number of rotatable bonds is 2. The molecule has 0 spiro atoms. The van der Waals surface area contributed by atoms with Crippen molar-refractivity contribution < 1.29 is 4.39 Å². The van der Waals surface area contributed by atoms with E-state index in [1.807, 2.05) is 18.2 Å². The molecule has 1 heterocycles. The fourth-order valence-corrected chi connectivity index (χ4v) is 3.12. The van der Waals surface area contributed by atoms with Crippen molar-refractivity contribution in [2.45, 2.75) is 0 Å². The number of nitrogens with two attached hydrogens (primary N) is 1. The van der Waals surface area contributed by atoms with Gasteiger partial charge in [-0.1, -0.05) is 35.9 Å². The number of fused-ring (bicyclic) bond motifs is 1. The zero-order valence-electron chi connectivity index (χ0n) is 10.2. The number of aromatic nitrogens is 1. The van der Waals surface area contributed by atoms with Gasteiger partial charge in [0.1, 0.15) is 10.8 Å². The molecule has 0 aliphatic rings. The van der Waals surface area contributed by atoms with Crippen molar-refractivity contribution in [3.8, 4) is 5.69 Å². The Hall–Kier alpha value is -2.05. The van der Waals surface area contributed by atoms with Gasteiger partial charge in [0, 0.05) is 5.56 Å². The number of hydrogen-bond acceptors (Lipinski definition) is 3. The topological polar surface area (TPSA) is 48.0 Å². The average Bonchev–Trinajstić information content (AvgIpc) is 2.77. The van der Waals surface area contributed by atoms with Crippen LogP contribution in [0.1, 0.15) is 5.56 Å². The van der Waals surface area contributed by atoms with Gasteiger partial charge in [-0.3, -0.25) is 4.79 Å². The first-order chi connectivity index (χ1) is 9.58. The molecule has 0 fully saturated rings. The minimum absolute atomic E-state index is 0.0292. The van der Waals surface area contributed by atoms with Crippen LogP contribution in [0.3, 0.4) is 0 Å². The molecule has 0 bridgehead atoms. The second-order valence-electron chi connectivity index (χ2n) is 4.22. The Morgan fingerprint density at radius 2 is 2.00 bits per heavy atom. The molecule has 0 radical (unpaired) electrons. The van der Waals surface area contributed by atoms with E-state index in [1.54, 1.807) is 6.07 Å². The Balaban J connectivity index is 2.26. The molecule has 0 saturated heterocycles. The normalized spacial score (nSPS) is 10.8. The van der Waals surface area contributed by atoms with Gasteiger partial charge in [0.2, 0.25) is 0 Å². The summed E-state index contributed by atoms with van der Waals surface area (Å²) in [5.41, 5.74) is 6.05. The highest BCUT2D eigenvalue weighted by Crippen LogP contribution is 2.21. The summed E-state index contributed by atoms with van der Waals surface area (Å²) in [6, 6.07) is 11.6. The molecule has 0 amide bonds. The van der Waals surface area contributed by atoms with Crippen molar-refractivity contribution in [2.75, 3.05) is 0 Å². The van der Waals surface area contributed by atoms with E-state index in [1.165, 1.54) is 33.7 Å². The van der Waals surface area contributed by atoms with E-state index < -0.39 is 5.82 Å². The second-order valence-corrected chi connectivity index (χ2v) is 5.64. The third-order valence-electron chi connectivity index (χ3n) is 2.94. The van der Waals surface area contributed by atoms with Crippen molar-refractivity contribution in [3.63, 3.8) is 0 Å². The van der Waals surface area contributed by atoms with Gasteiger partial charge in [0.05, 0.1) is 15.8 Å². The van der Waals surface area contributed by atoms with Gasteiger partial charge in [-0.15, -0.1) is 0 Å². The predicted molar refractivity (Wildman–Crippen MR) is 83.3 cm³/mol. The number of thiocarbonyl (C=S) groups is 1. The van der Waals surface area contributed by atoms with Crippen LogP contribution >= 0.6 is 23.8 Å². The maximum Gasteiger partial charge on any atom is 0.273 e. The Morgan fingerprint density at radius 1 is 1.25 bits per heavy atom. The summed E-state index contributed by atoms with van der Waals surface area (Å²) in [5, 5.41) is 0.638. The third-order valence-corrected chi connectivity index (χ3v) is 4.27. The minimum atomic E-state index is -0.490. The van der Waals surface area contributed by atoms with Crippen molar-refractivity contribution >= 4 is 38.8 Å². The maximum atomic E-state index is 13.6. The van der Waals surface area contributed by atoms with Crippen LogP contribution < -0.4 is 11.3 Å². The first kappa shape index (κ1) is 13.0. The summed E-state index contributed by atoms with van der Waals surface area (Å²) in [6.45, 7) is 0. The van der Waals surface area contributed by atoms with Gasteiger partial charge in [-0.2, -0.15) is 0 Å². The monoisotopic (exact) mass is 304 g/mol. The van der Waals surface area contributed by atoms with Gasteiger partial charge in [-0.25, -0.2) is 8.35 Å². The second kappa shape index (κ2) is 4.81. The molecule has 2 aromatic carbocycles. The van der Waals surface area contributed by atoms with Gasteiger partial charge >= 0.3 is 0 Å². The molecule has 0 saturated carbocycles. The highest BCUT2D eigenvalue weighted by Gasteiger charge is 2.12. The van der Waals surface area contributed by atoms with E-state index in [0.717, 1.165) is 4.70 Å². The predicted octanol–water partition coefficient (Wildman–Crippen LogP) is 2.83. The molecule has 3 rings (SSSR count). The van der Waals surface area contributed by atoms with Gasteiger partial charge in [0.25, 0.3) is 5.56 Å². The van der Waals surface area contributed by atoms with Gasteiger partial charge in [0.15, 0.2) is 0 Å². The quantitative estimate of drug-likeness (QED) is 0.741. The Morgan fingerprint density at radius 3 is 2.70 bits per heavy atom. The van der Waals surface area contributed by atoms with Gasteiger partial charge < -0.3 is 5.73 Å². The van der Waals surface area contributed by atoms with E-state index in [4.69, 9.17) is 18.0 Å². The third kappa shape index (κ3) is 2.03. The molecule has 2 N–H and O–H groups in total. The average molecular weight is 304 g/mol. The van der Waals surface area contributed by atoms with Crippen molar-refractivity contribution in [2.24, 2.45) is 5.73 Å². The van der Waals surface area contributed by atoms with E-state index >= 15 is 0 Å². The number of hydrogen-bond donors (Lipinski definition) is 1. The SMILES string of the molecule is NC(=S)c1cc(-n2sc3ccccc3c2=O)ccc1F. The van der Waals surface area contributed by atoms with Crippen LogP contribution in [0, 0.1) is 5.82 Å². The minimum Gasteiger partial charge on any atom is -0.389 e. The summed E-state index contributed by atoms with van der Waals surface area (Å²) in [5.74, 6) is -0.490. The van der Waals surface area contributed by atoms with Crippen LogP contribution in [0.25, 0.3) is 15.8 Å². The smallest absolute Gasteiger partial charge is 0.273 e. The molecule has 0 atom stereocenters. The summed E-state index contributed by atoms with van der Waals surface area (Å²) >= 11 is 6.11. The lowest BCUT2D eigenvalue weighted by Gasteiger charge is -2.05. The molecule has 20 heavy (non-hydrogen) atoms. The maximum absolute atomic E-state index is 13.6. The largest absolute Gasteiger partial charge is 0.389 e. The molecule has 0 aliphatic carbocycles. The number of nitrogens with zero attached hydrogens (tertiary/aromatic N) is 1. The first-order valence-electron chi connectivity index (χ1n) is 5.79. The fourth-order valence-electron chi connectivity index (χ4n) is 1.97. The molecular formula is C14H9FN2OS2. The summed E-state index contributed by atoms with van der Waals surface area (Å²) in [6.07, 6.45) is 0. The highest BCUT2D eigenvalue weighted by atomic mass is 32.1. The lowest BCUT2D eigenvalue weighted by atomic mass is 10.2. The molecule has 0 unspecified atom stereocenters. The summed E-state index contributed by atoms with van der Waals surface area (Å²) < 4.78 is 16.0. The van der Waals surface area contributed by atoms with E-state index in [2.05, 4.69) is 0 Å². The van der Waals surface area contributed by atoms with Crippen LogP contribution in [0.4, 0.5) is 4.39 Å². The Kier molecular flexibility index (Phi) is 3.11. The van der Waals surface area contributed by atoms with Crippen LogP contribution in [0.2, 0.25) is 0 Å². The lowest BCUT2D eigenvalue weighted by molar-refractivity contribution is 0.625. The molecule has 6 heteroatoms. The Labute approximate surface area is 123 Å². The van der Waals surface area contributed by atoms with E-state index in [-0.39, 0.29) is 16.1 Å². The van der Waals surface area contributed by atoms with Crippen LogP contribution in [0.5, 0.6) is 0 Å². The van der Waals surface area contributed by atoms with Crippen molar-refractivity contribution in [3.05, 3.63) is 64.2 Å². The molecule has 100 valence electrons. The number of benzene rings is 2. The molecule has 1 aromatic heterocycles. The molecule has 3 nitrogen and oxygen atoms in total.